The molecule has 0 saturated heterocycles. The van der Waals surface area contributed by atoms with E-state index < -0.39 is 0 Å². The Labute approximate surface area is 104 Å². The van der Waals surface area contributed by atoms with Crippen LogP contribution < -0.4 is 5.32 Å². The molecule has 0 saturated carbocycles. The Balaban J connectivity index is 1.79. The Bertz CT molecular complexity index is 496. The molecule has 2 aromatic heterocycles. The van der Waals surface area contributed by atoms with Gasteiger partial charge in [-0.3, -0.25) is 15.0 Å². The fraction of sp³-hybridized carbons (Fsp3) is 0.455. The van der Waals surface area contributed by atoms with Gasteiger partial charge in [-0.2, -0.15) is 10.2 Å². The molecule has 0 unspecified atom stereocenters. The lowest BCUT2D eigenvalue weighted by Crippen LogP contribution is -2.27. The lowest BCUT2D eigenvalue weighted by molar-refractivity contribution is -0.120. The topological polar surface area (TPSA) is 99.3 Å². The molecule has 1 amide bonds. The van der Waals surface area contributed by atoms with Crippen LogP contribution in [-0.2, 0) is 17.6 Å². The summed E-state index contributed by atoms with van der Waals surface area (Å²) in [5.74, 6) is 0.757. The smallest absolute Gasteiger partial charge is 0.224 e. The van der Waals surface area contributed by atoms with E-state index in [0.29, 0.717) is 19.4 Å². The van der Waals surface area contributed by atoms with Gasteiger partial charge >= 0.3 is 0 Å². The fourth-order valence-corrected chi connectivity index (χ4v) is 1.73. The number of amides is 1. The molecule has 18 heavy (non-hydrogen) atoms. The minimum Gasteiger partial charge on any atom is -0.355 e. The summed E-state index contributed by atoms with van der Waals surface area (Å²) in [5.41, 5.74) is 2.78. The average Bonchev–Trinajstić information content (AvgIpc) is 2.94. The molecule has 0 aliphatic carbocycles. The second kappa shape index (κ2) is 5.44. The molecule has 0 atom stereocenters. The molecular formula is C11H16N6O. The molecule has 2 rings (SSSR count). The molecule has 0 aliphatic heterocycles. The Morgan fingerprint density at radius 2 is 2.22 bits per heavy atom. The summed E-state index contributed by atoms with van der Waals surface area (Å²) in [5, 5.41) is 16.3. The Morgan fingerprint density at radius 3 is 2.83 bits per heavy atom. The van der Waals surface area contributed by atoms with E-state index in [2.05, 4.69) is 30.7 Å². The van der Waals surface area contributed by atoms with Crippen LogP contribution >= 0.6 is 0 Å². The van der Waals surface area contributed by atoms with Crippen LogP contribution in [0.1, 0.15) is 22.8 Å². The van der Waals surface area contributed by atoms with Crippen molar-refractivity contribution < 1.29 is 4.79 Å². The third-order valence-electron chi connectivity index (χ3n) is 2.77. The van der Waals surface area contributed by atoms with Crippen molar-refractivity contribution in [3.63, 3.8) is 0 Å². The quantitative estimate of drug-likeness (QED) is 0.696. The normalized spacial score (nSPS) is 10.6. The van der Waals surface area contributed by atoms with Crippen molar-refractivity contribution in [3.05, 3.63) is 29.1 Å². The van der Waals surface area contributed by atoms with Gasteiger partial charge in [-0.05, 0) is 13.8 Å². The maximum Gasteiger partial charge on any atom is 0.224 e. The van der Waals surface area contributed by atoms with Crippen molar-refractivity contribution >= 4 is 5.91 Å². The molecule has 0 aromatic carbocycles. The maximum atomic E-state index is 11.7. The van der Waals surface area contributed by atoms with Gasteiger partial charge in [0.15, 0.2) is 0 Å². The van der Waals surface area contributed by atoms with E-state index in [9.17, 15) is 4.79 Å². The van der Waals surface area contributed by atoms with E-state index >= 15 is 0 Å². The number of aromatic amines is 2. The van der Waals surface area contributed by atoms with Gasteiger partial charge in [-0.25, -0.2) is 4.98 Å². The number of hydrogen-bond donors (Lipinski definition) is 3. The van der Waals surface area contributed by atoms with Crippen LogP contribution in [0.15, 0.2) is 6.33 Å². The van der Waals surface area contributed by atoms with Gasteiger partial charge in [-0.1, -0.05) is 0 Å². The molecule has 0 fully saturated rings. The molecule has 0 radical (unpaired) electrons. The molecule has 0 bridgehead atoms. The van der Waals surface area contributed by atoms with E-state index in [0.717, 1.165) is 22.8 Å². The van der Waals surface area contributed by atoms with E-state index in [1.165, 1.54) is 6.33 Å². The molecule has 0 aliphatic rings. The lowest BCUT2D eigenvalue weighted by Gasteiger charge is -2.04. The molecule has 3 N–H and O–H groups in total. The van der Waals surface area contributed by atoms with Crippen molar-refractivity contribution in [2.75, 3.05) is 6.54 Å². The second-order valence-corrected chi connectivity index (χ2v) is 4.12. The summed E-state index contributed by atoms with van der Waals surface area (Å²) in [6, 6.07) is 0. The van der Waals surface area contributed by atoms with E-state index in [1.807, 2.05) is 13.8 Å². The molecule has 2 aromatic rings. The number of H-pyrrole nitrogens is 2. The standard InChI is InChI=1S/C11H16N6O/c1-7-9(8(2)16-15-7)5-11(18)12-4-3-10-13-6-14-17-10/h6H,3-5H2,1-2H3,(H,12,18)(H,15,16)(H,13,14,17). The van der Waals surface area contributed by atoms with Crippen molar-refractivity contribution in [1.29, 1.82) is 0 Å². The van der Waals surface area contributed by atoms with Crippen LogP contribution in [0.2, 0.25) is 0 Å². The number of aryl methyl sites for hydroxylation is 2. The van der Waals surface area contributed by atoms with E-state index in [4.69, 9.17) is 0 Å². The van der Waals surface area contributed by atoms with Crippen molar-refractivity contribution in [2.24, 2.45) is 0 Å². The summed E-state index contributed by atoms with van der Waals surface area (Å²) < 4.78 is 0. The molecule has 0 spiro atoms. The van der Waals surface area contributed by atoms with Gasteiger partial charge in [0.05, 0.1) is 12.1 Å². The Kier molecular flexibility index (Phi) is 3.71. The SMILES string of the molecule is Cc1n[nH]c(C)c1CC(=O)NCCc1ncn[nH]1. The third-order valence-corrected chi connectivity index (χ3v) is 2.77. The van der Waals surface area contributed by atoms with Gasteiger partial charge in [0.2, 0.25) is 5.91 Å². The first kappa shape index (κ1) is 12.3. The minimum atomic E-state index is -0.0119. The highest BCUT2D eigenvalue weighted by atomic mass is 16.1. The predicted octanol–water partition coefficient (Wildman–Crippen LogP) is 0.0460. The first-order valence-corrected chi connectivity index (χ1v) is 5.78. The molecular weight excluding hydrogens is 232 g/mol. The van der Waals surface area contributed by atoms with Gasteiger partial charge in [0.25, 0.3) is 0 Å². The Hall–Kier alpha value is -2.18. The molecule has 7 heteroatoms. The highest BCUT2D eigenvalue weighted by molar-refractivity contribution is 5.79. The number of carbonyl (C=O) groups is 1. The van der Waals surface area contributed by atoms with Crippen LogP contribution in [-0.4, -0.2) is 37.8 Å². The zero-order valence-corrected chi connectivity index (χ0v) is 10.4. The zero-order valence-electron chi connectivity index (χ0n) is 10.4. The maximum absolute atomic E-state index is 11.7. The highest BCUT2D eigenvalue weighted by Crippen LogP contribution is 2.09. The first-order chi connectivity index (χ1) is 8.66. The van der Waals surface area contributed by atoms with Crippen molar-refractivity contribution in [3.8, 4) is 0 Å². The molecule has 96 valence electrons. The van der Waals surface area contributed by atoms with Crippen LogP contribution in [0.3, 0.4) is 0 Å². The van der Waals surface area contributed by atoms with Gasteiger partial charge < -0.3 is 5.32 Å². The van der Waals surface area contributed by atoms with E-state index in [-0.39, 0.29) is 5.91 Å². The summed E-state index contributed by atoms with van der Waals surface area (Å²) in [6.07, 6.45) is 2.45. The van der Waals surface area contributed by atoms with Crippen molar-refractivity contribution in [1.82, 2.24) is 30.7 Å². The van der Waals surface area contributed by atoms with Crippen LogP contribution in [0, 0.1) is 13.8 Å². The zero-order chi connectivity index (χ0) is 13.0. The van der Waals surface area contributed by atoms with Gasteiger partial charge in [0.1, 0.15) is 12.2 Å². The highest BCUT2D eigenvalue weighted by Gasteiger charge is 2.10. The molecule has 7 nitrogen and oxygen atoms in total. The Morgan fingerprint density at radius 1 is 1.39 bits per heavy atom. The minimum absolute atomic E-state index is 0.0119. The second-order valence-electron chi connectivity index (χ2n) is 4.12. The summed E-state index contributed by atoms with van der Waals surface area (Å²) in [4.78, 5) is 15.7. The summed E-state index contributed by atoms with van der Waals surface area (Å²) in [6.45, 7) is 4.35. The summed E-state index contributed by atoms with van der Waals surface area (Å²) in [7, 11) is 0. The fourth-order valence-electron chi connectivity index (χ4n) is 1.73. The number of rotatable bonds is 5. The largest absolute Gasteiger partial charge is 0.355 e. The summed E-state index contributed by atoms with van der Waals surface area (Å²) >= 11 is 0. The number of carbonyl (C=O) groups excluding carboxylic acids is 1. The number of nitrogens with one attached hydrogen (secondary N) is 3. The average molecular weight is 248 g/mol. The number of nitrogens with zero attached hydrogens (tertiary/aromatic N) is 3. The van der Waals surface area contributed by atoms with Crippen LogP contribution in [0.4, 0.5) is 0 Å². The monoisotopic (exact) mass is 248 g/mol. The van der Waals surface area contributed by atoms with E-state index in [1.54, 1.807) is 0 Å². The lowest BCUT2D eigenvalue weighted by atomic mass is 10.1. The van der Waals surface area contributed by atoms with Gasteiger partial charge in [0, 0.05) is 24.2 Å². The first-order valence-electron chi connectivity index (χ1n) is 5.78. The number of aromatic nitrogens is 5. The van der Waals surface area contributed by atoms with Crippen LogP contribution in [0.25, 0.3) is 0 Å². The predicted molar refractivity (Wildman–Crippen MR) is 64.9 cm³/mol. The van der Waals surface area contributed by atoms with Gasteiger partial charge in [-0.15, -0.1) is 0 Å². The number of hydrogen-bond acceptors (Lipinski definition) is 4. The van der Waals surface area contributed by atoms with Crippen molar-refractivity contribution in [2.45, 2.75) is 26.7 Å². The van der Waals surface area contributed by atoms with Crippen LogP contribution in [0.5, 0.6) is 0 Å². The third kappa shape index (κ3) is 2.93. The molecule has 2 heterocycles.